The van der Waals surface area contributed by atoms with Gasteiger partial charge in [0.25, 0.3) is 0 Å². The molecule has 0 radical (unpaired) electrons. The molecule has 10 N–H and O–H groups in total. The van der Waals surface area contributed by atoms with Crippen LogP contribution in [-0.4, -0.2) is 98.8 Å². The summed E-state index contributed by atoms with van der Waals surface area (Å²) in [5, 5.41) is 40.3. The molecule has 0 unspecified atom stereocenters. The Bertz CT molecular complexity index is 1820. The third-order valence-electron chi connectivity index (χ3n) is 8.87. The van der Waals surface area contributed by atoms with Gasteiger partial charge in [0, 0.05) is 19.3 Å². The molecule has 0 fully saturated rings. The first-order valence-electron chi connectivity index (χ1n) is 19.6. The molecule has 21 heteroatoms. The van der Waals surface area contributed by atoms with E-state index in [1.807, 2.05) is 13.8 Å². The number of carbonyl (C=O) groups excluding carboxylic acids is 5. The van der Waals surface area contributed by atoms with Crippen molar-refractivity contribution in [1.29, 1.82) is 0 Å². The van der Waals surface area contributed by atoms with Crippen LogP contribution in [0.3, 0.4) is 0 Å². The molecular weight excluding hydrogens is 819 g/mol. The Morgan fingerprint density at radius 1 is 0.557 bits per heavy atom. The summed E-state index contributed by atoms with van der Waals surface area (Å²) in [7, 11) is -4.41. The van der Waals surface area contributed by atoms with Crippen LogP contribution in [0.5, 0.6) is 11.5 Å². The minimum Gasteiger partial charge on any atom is -0.481 e. The average molecular weight is 877 g/mol. The second-order valence-electron chi connectivity index (χ2n) is 15.0. The fourth-order valence-electron chi connectivity index (χ4n) is 5.70. The standard InChI is InChI=1S/C40H57N6O14P/c1-23(2)22-28(41)36(54)42-25(5)35(53)43-29(16-19-32(47)48)37(55)44-30(17-20-33(49)50)38(56)45-31(18-21-34(51)52)39(57)46-40(24(3)4)61(58,59-26-12-8-6-9-13-26)60-27-14-10-7-11-15-27/h6-15,23-25,28-31,40H,16-22,41H2,1-5H3,(H,42,54)(H,43,53)(H,44,55)(H,45,56)(H,46,57)(H,47,48)(H,49,50)(H,51,52)/t25-,28-,29-,30-,31-,40+/m0/s1. The molecule has 336 valence electrons. The van der Waals surface area contributed by atoms with Crippen molar-refractivity contribution in [3.8, 4) is 11.5 Å². The Labute approximate surface area is 353 Å². The van der Waals surface area contributed by atoms with Crippen LogP contribution in [0.2, 0.25) is 0 Å². The largest absolute Gasteiger partial charge is 0.481 e. The van der Waals surface area contributed by atoms with Crippen molar-refractivity contribution in [1.82, 2.24) is 26.6 Å². The molecule has 2 aromatic carbocycles. The Balaban J connectivity index is 2.42. The average Bonchev–Trinajstić information content (AvgIpc) is 3.18. The highest BCUT2D eigenvalue weighted by molar-refractivity contribution is 7.55. The minimum absolute atomic E-state index is 0.0664. The van der Waals surface area contributed by atoms with E-state index in [-0.39, 0.29) is 17.4 Å². The summed E-state index contributed by atoms with van der Waals surface area (Å²) < 4.78 is 26.5. The first-order chi connectivity index (χ1) is 28.6. The molecule has 5 amide bonds. The lowest BCUT2D eigenvalue weighted by atomic mass is 10.0. The van der Waals surface area contributed by atoms with E-state index in [0.717, 1.165) is 0 Å². The molecule has 0 aliphatic rings. The molecule has 0 bridgehead atoms. The molecule has 0 saturated heterocycles. The fraction of sp³-hybridized carbons (Fsp3) is 0.500. The number of aliphatic carboxylic acids is 3. The number of benzene rings is 2. The zero-order valence-electron chi connectivity index (χ0n) is 34.7. The Kier molecular flexibility index (Phi) is 20.9. The Hall–Kier alpha value is -6.01. The van der Waals surface area contributed by atoms with Crippen molar-refractivity contribution >= 4 is 55.0 Å². The number of carboxylic acids is 3. The summed E-state index contributed by atoms with van der Waals surface area (Å²) in [4.78, 5) is 102. The molecule has 0 aliphatic carbocycles. The number of nitrogens with two attached hydrogens (primary N) is 1. The second kappa shape index (κ2) is 24.9. The predicted molar refractivity (Wildman–Crippen MR) is 220 cm³/mol. The van der Waals surface area contributed by atoms with E-state index in [1.54, 1.807) is 50.2 Å². The topological polar surface area (TPSA) is 319 Å². The van der Waals surface area contributed by atoms with Gasteiger partial charge in [-0.3, -0.25) is 38.4 Å². The van der Waals surface area contributed by atoms with Crippen molar-refractivity contribution in [2.45, 2.75) is 116 Å². The number of carbonyl (C=O) groups is 8. The van der Waals surface area contributed by atoms with Gasteiger partial charge in [0.2, 0.25) is 29.5 Å². The van der Waals surface area contributed by atoms with Crippen LogP contribution < -0.4 is 41.4 Å². The van der Waals surface area contributed by atoms with Crippen LogP contribution in [0.1, 0.15) is 79.6 Å². The Morgan fingerprint density at radius 3 is 1.26 bits per heavy atom. The molecule has 0 spiro atoms. The maximum atomic E-state index is 14.7. The fourth-order valence-corrected chi connectivity index (χ4v) is 7.81. The molecule has 0 aromatic heterocycles. The highest BCUT2D eigenvalue weighted by Gasteiger charge is 2.44. The van der Waals surface area contributed by atoms with Gasteiger partial charge in [-0.05, 0) is 68.7 Å². The second-order valence-corrected chi connectivity index (χ2v) is 17.0. The summed E-state index contributed by atoms with van der Waals surface area (Å²) in [6, 6.07) is 8.73. The number of amides is 5. The van der Waals surface area contributed by atoms with Crippen LogP contribution in [0.25, 0.3) is 0 Å². The first-order valence-corrected chi connectivity index (χ1v) is 21.2. The normalized spacial score (nSPS) is 14.2. The van der Waals surface area contributed by atoms with Gasteiger partial charge in [-0.15, -0.1) is 0 Å². The SMILES string of the molecule is CC(C)C[C@H](N)C(=O)N[C@@H](C)C(=O)N[C@@H](CCC(=O)O)C(=O)N[C@@H](CCC(=O)O)C(=O)N[C@@H](CCC(=O)O)C(=O)N[C@@H](C(C)C)P(=O)(Oc1ccccc1)Oc1ccccc1. The molecule has 0 saturated carbocycles. The quantitative estimate of drug-likeness (QED) is 0.0582. The monoisotopic (exact) mass is 876 g/mol. The van der Waals surface area contributed by atoms with Gasteiger partial charge in [0.15, 0.2) is 5.78 Å². The summed E-state index contributed by atoms with van der Waals surface area (Å²) in [6.45, 7) is 8.21. The third kappa shape index (κ3) is 18.4. The van der Waals surface area contributed by atoms with Gasteiger partial charge in [0.05, 0.1) is 6.04 Å². The lowest BCUT2D eigenvalue weighted by molar-refractivity contribution is -0.140. The van der Waals surface area contributed by atoms with Gasteiger partial charge >= 0.3 is 25.5 Å². The van der Waals surface area contributed by atoms with Crippen molar-refractivity contribution < 1.29 is 67.3 Å². The molecule has 0 heterocycles. The molecule has 20 nitrogen and oxygen atoms in total. The van der Waals surface area contributed by atoms with E-state index in [1.165, 1.54) is 31.2 Å². The number of nitrogens with one attached hydrogen (secondary N) is 5. The van der Waals surface area contributed by atoms with E-state index in [2.05, 4.69) is 26.6 Å². The zero-order valence-corrected chi connectivity index (χ0v) is 35.6. The minimum atomic E-state index is -4.41. The van der Waals surface area contributed by atoms with E-state index < -0.39 is 135 Å². The summed E-state index contributed by atoms with van der Waals surface area (Å²) in [6.07, 6.45) is -3.26. The van der Waals surface area contributed by atoms with E-state index >= 15 is 0 Å². The molecule has 6 atom stereocenters. The third-order valence-corrected chi connectivity index (χ3v) is 11.2. The molecular formula is C40H57N6O14P. The summed E-state index contributed by atoms with van der Waals surface area (Å²) in [5.41, 5.74) is 5.90. The van der Waals surface area contributed by atoms with Gasteiger partial charge in [-0.25, -0.2) is 4.57 Å². The van der Waals surface area contributed by atoms with E-state index in [9.17, 15) is 58.2 Å². The lowest BCUT2D eigenvalue weighted by Crippen LogP contribution is -2.59. The summed E-state index contributed by atoms with van der Waals surface area (Å²) >= 11 is 0. The Morgan fingerprint density at radius 2 is 0.918 bits per heavy atom. The number of para-hydroxylation sites is 2. The van der Waals surface area contributed by atoms with Crippen LogP contribution in [0, 0.1) is 11.8 Å². The van der Waals surface area contributed by atoms with Gasteiger partial charge in [-0.2, -0.15) is 0 Å². The highest BCUT2D eigenvalue weighted by Crippen LogP contribution is 2.54. The number of hydrogen-bond donors (Lipinski definition) is 9. The molecule has 61 heavy (non-hydrogen) atoms. The van der Waals surface area contributed by atoms with Crippen molar-refractivity contribution in [3.05, 3.63) is 60.7 Å². The van der Waals surface area contributed by atoms with Crippen molar-refractivity contribution in [2.24, 2.45) is 17.6 Å². The van der Waals surface area contributed by atoms with Crippen LogP contribution in [-0.2, 0) is 42.9 Å². The number of hydrogen-bond acceptors (Lipinski definition) is 12. The van der Waals surface area contributed by atoms with Crippen molar-refractivity contribution in [3.63, 3.8) is 0 Å². The predicted octanol–water partition coefficient (Wildman–Crippen LogP) is 2.36. The molecule has 0 aliphatic heterocycles. The lowest BCUT2D eigenvalue weighted by Gasteiger charge is -2.32. The van der Waals surface area contributed by atoms with Gasteiger partial charge in [0.1, 0.15) is 35.7 Å². The maximum absolute atomic E-state index is 14.7. The van der Waals surface area contributed by atoms with Crippen LogP contribution >= 0.6 is 7.60 Å². The van der Waals surface area contributed by atoms with E-state index in [4.69, 9.17) is 14.8 Å². The van der Waals surface area contributed by atoms with Gasteiger partial charge < -0.3 is 56.7 Å². The zero-order chi connectivity index (χ0) is 45.9. The number of rotatable bonds is 27. The highest BCUT2D eigenvalue weighted by atomic mass is 31.2. The van der Waals surface area contributed by atoms with E-state index in [0.29, 0.717) is 6.42 Å². The molecule has 2 aromatic rings. The summed E-state index contributed by atoms with van der Waals surface area (Å²) in [5.74, 6) is -10.6. The molecule has 2 rings (SSSR count). The van der Waals surface area contributed by atoms with Crippen molar-refractivity contribution in [2.75, 3.05) is 0 Å². The van der Waals surface area contributed by atoms with Crippen LogP contribution in [0.4, 0.5) is 0 Å². The number of carboxylic acid groups (broad SMARTS) is 3. The maximum Gasteiger partial charge on any atom is 0.453 e. The van der Waals surface area contributed by atoms with Gasteiger partial charge in [-0.1, -0.05) is 64.1 Å². The van der Waals surface area contributed by atoms with Crippen LogP contribution in [0.15, 0.2) is 60.7 Å². The first kappa shape index (κ1) is 51.1. The smallest absolute Gasteiger partial charge is 0.453 e.